The van der Waals surface area contributed by atoms with Gasteiger partial charge in [0, 0.05) is 6.07 Å². The summed E-state index contributed by atoms with van der Waals surface area (Å²) in [6, 6.07) is 16.9. The van der Waals surface area contributed by atoms with E-state index in [1.165, 1.54) is 6.07 Å². The standard InChI is InChI=1S/C18H15FN2O3/c19-16-9-5-4-8-15(16)17-10-13(21-24-17)11-20-18(22)12-23-14-6-2-1-3-7-14/h1-10H,11-12H2,(H,20,22). The summed E-state index contributed by atoms with van der Waals surface area (Å²) in [6.45, 7) is 0.0803. The van der Waals surface area contributed by atoms with E-state index < -0.39 is 0 Å². The SMILES string of the molecule is O=C(COc1ccccc1)NCc1cc(-c2ccccc2F)on1. The predicted molar refractivity (Wildman–Crippen MR) is 85.7 cm³/mol. The van der Waals surface area contributed by atoms with Gasteiger partial charge in [0.25, 0.3) is 5.91 Å². The highest BCUT2D eigenvalue weighted by atomic mass is 19.1. The van der Waals surface area contributed by atoms with E-state index in [0.29, 0.717) is 22.8 Å². The molecule has 0 radical (unpaired) electrons. The van der Waals surface area contributed by atoms with Gasteiger partial charge in [0.05, 0.1) is 12.1 Å². The predicted octanol–water partition coefficient (Wildman–Crippen LogP) is 3.18. The topological polar surface area (TPSA) is 64.4 Å². The average Bonchev–Trinajstić information content (AvgIpc) is 3.08. The van der Waals surface area contributed by atoms with Crippen LogP contribution in [0.25, 0.3) is 11.3 Å². The molecule has 1 heterocycles. The monoisotopic (exact) mass is 326 g/mol. The molecule has 3 aromatic rings. The lowest BCUT2D eigenvalue weighted by atomic mass is 10.1. The number of ether oxygens (including phenoxy) is 1. The first kappa shape index (κ1) is 15.7. The Morgan fingerprint density at radius 3 is 2.67 bits per heavy atom. The van der Waals surface area contributed by atoms with Crippen LogP contribution in [0.1, 0.15) is 5.69 Å². The number of hydrogen-bond acceptors (Lipinski definition) is 4. The van der Waals surface area contributed by atoms with Crippen molar-refractivity contribution in [3.8, 4) is 17.1 Å². The summed E-state index contributed by atoms with van der Waals surface area (Å²) in [4.78, 5) is 11.8. The van der Waals surface area contributed by atoms with Crippen LogP contribution in [0.4, 0.5) is 4.39 Å². The van der Waals surface area contributed by atoms with E-state index in [1.807, 2.05) is 18.2 Å². The minimum Gasteiger partial charge on any atom is -0.484 e. The number of hydrogen-bond donors (Lipinski definition) is 1. The third-order valence-corrected chi connectivity index (χ3v) is 3.28. The molecule has 6 heteroatoms. The number of carbonyl (C=O) groups is 1. The van der Waals surface area contributed by atoms with Gasteiger partial charge in [-0.15, -0.1) is 0 Å². The molecule has 3 rings (SSSR count). The fourth-order valence-corrected chi connectivity index (χ4v) is 2.09. The quantitative estimate of drug-likeness (QED) is 0.756. The molecule has 0 aliphatic heterocycles. The van der Waals surface area contributed by atoms with E-state index >= 15 is 0 Å². The van der Waals surface area contributed by atoms with E-state index in [2.05, 4.69) is 10.5 Å². The maximum absolute atomic E-state index is 13.7. The Balaban J connectivity index is 1.52. The Hall–Kier alpha value is -3.15. The van der Waals surface area contributed by atoms with Crippen molar-refractivity contribution < 1.29 is 18.4 Å². The van der Waals surface area contributed by atoms with E-state index in [4.69, 9.17) is 9.26 Å². The first-order valence-corrected chi connectivity index (χ1v) is 7.37. The second-order valence-corrected chi connectivity index (χ2v) is 5.04. The van der Waals surface area contributed by atoms with Gasteiger partial charge in [-0.3, -0.25) is 4.79 Å². The number of aromatic nitrogens is 1. The Labute approximate surface area is 138 Å². The second kappa shape index (κ2) is 7.41. The molecular weight excluding hydrogens is 311 g/mol. The third kappa shape index (κ3) is 3.98. The van der Waals surface area contributed by atoms with Crippen molar-refractivity contribution in [1.29, 1.82) is 0 Å². The van der Waals surface area contributed by atoms with Crippen LogP contribution in [-0.2, 0) is 11.3 Å². The van der Waals surface area contributed by atoms with E-state index in [9.17, 15) is 9.18 Å². The number of carbonyl (C=O) groups excluding carboxylic acids is 1. The Morgan fingerprint density at radius 2 is 1.88 bits per heavy atom. The normalized spacial score (nSPS) is 10.4. The Morgan fingerprint density at radius 1 is 1.12 bits per heavy atom. The minimum absolute atomic E-state index is 0.0952. The number of nitrogens with one attached hydrogen (secondary N) is 1. The van der Waals surface area contributed by atoms with Crippen LogP contribution < -0.4 is 10.1 Å². The van der Waals surface area contributed by atoms with E-state index in [0.717, 1.165) is 0 Å². The zero-order valence-electron chi connectivity index (χ0n) is 12.7. The van der Waals surface area contributed by atoms with Gasteiger partial charge in [0.15, 0.2) is 12.4 Å². The number of amides is 1. The van der Waals surface area contributed by atoms with Gasteiger partial charge in [0.1, 0.15) is 17.3 Å². The lowest BCUT2D eigenvalue weighted by Crippen LogP contribution is -2.28. The first-order valence-electron chi connectivity index (χ1n) is 7.37. The highest BCUT2D eigenvalue weighted by Crippen LogP contribution is 2.23. The van der Waals surface area contributed by atoms with Gasteiger partial charge in [0.2, 0.25) is 0 Å². The lowest BCUT2D eigenvalue weighted by molar-refractivity contribution is -0.123. The van der Waals surface area contributed by atoms with Crippen molar-refractivity contribution in [2.45, 2.75) is 6.54 Å². The molecule has 1 amide bonds. The Kier molecular flexibility index (Phi) is 4.86. The van der Waals surface area contributed by atoms with Crippen LogP contribution >= 0.6 is 0 Å². The molecule has 0 aliphatic carbocycles. The van der Waals surface area contributed by atoms with Crippen molar-refractivity contribution in [1.82, 2.24) is 10.5 Å². The summed E-state index contributed by atoms with van der Waals surface area (Å²) in [5.74, 6) is 0.267. The van der Waals surface area contributed by atoms with Gasteiger partial charge in [-0.1, -0.05) is 35.5 Å². The molecule has 0 saturated heterocycles. The fraction of sp³-hybridized carbons (Fsp3) is 0.111. The van der Waals surface area contributed by atoms with Crippen LogP contribution in [0.3, 0.4) is 0 Å². The van der Waals surface area contributed by atoms with Gasteiger partial charge in [-0.05, 0) is 24.3 Å². The number of benzene rings is 2. The molecule has 0 saturated carbocycles. The van der Waals surface area contributed by atoms with E-state index in [-0.39, 0.29) is 24.9 Å². The molecule has 1 aromatic heterocycles. The van der Waals surface area contributed by atoms with Gasteiger partial charge >= 0.3 is 0 Å². The summed E-state index contributed by atoms with van der Waals surface area (Å²) in [5, 5.41) is 6.50. The van der Waals surface area contributed by atoms with Crippen molar-refractivity contribution >= 4 is 5.91 Å². The molecule has 0 fully saturated rings. The van der Waals surface area contributed by atoms with Crippen LogP contribution in [0.2, 0.25) is 0 Å². The molecule has 1 N–H and O–H groups in total. The number of halogens is 1. The van der Waals surface area contributed by atoms with Crippen LogP contribution in [0, 0.1) is 5.82 Å². The molecule has 0 spiro atoms. The smallest absolute Gasteiger partial charge is 0.258 e. The maximum Gasteiger partial charge on any atom is 0.258 e. The second-order valence-electron chi connectivity index (χ2n) is 5.04. The molecule has 24 heavy (non-hydrogen) atoms. The minimum atomic E-state index is -0.388. The molecule has 0 bridgehead atoms. The van der Waals surface area contributed by atoms with E-state index in [1.54, 1.807) is 36.4 Å². The molecule has 0 aliphatic rings. The first-order chi connectivity index (χ1) is 11.7. The highest BCUT2D eigenvalue weighted by Gasteiger charge is 2.11. The zero-order chi connectivity index (χ0) is 16.8. The zero-order valence-corrected chi connectivity index (χ0v) is 12.7. The summed E-state index contributed by atoms with van der Waals surface area (Å²) in [5.41, 5.74) is 0.830. The van der Waals surface area contributed by atoms with Crippen LogP contribution in [0.15, 0.2) is 65.2 Å². The molecular formula is C18H15FN2O3. The molecule has 0 unspecified atom stereocenters. The lowest BCUT2D eigenvalue weighted by Gasteiger charge is -2.05. The summed E-state index contributed by atoms with van der Waals surface area (Å²) >= 11 is 0. The van der Waals surface area contributed by atoms with Crippen LogP contribution in [0.5, 0.6) is 5.75 Å². The van der Waals surface area contributed by atoms with Crippen LogP contribution in [-0.4, -0.2) is 17.7 Å². The van der Waals surface area contributed by atoms with Crippen molar-refractivity contribution in [3.05, 3.63) is 72.2 Å². The van der Waals surface area contributed by atoms with Gasteiger partial charge < -0.3 is 14.6 Å². The van der Waals surface area contributed by atoms with Gasteiger partial charge in [-0.25, -0.2) is 4.39 Å². The van der Waals surface area contributed by atoms with Gasteiger partial charge in [-0.2, -0.15) is 0 Å². The average molecular weight is 326 g/mol. The number of nitrogens with zero attached hydrogens (tertiary/aromatic N) is 1. The van der Waals surface area contributed by atoms with Crippen molar-refractivity contribution in [2.24, 2.45) is 0 Å². The largest absolute Gasteiger partial charge is 0.484 e. The molecule has 2 aromatic carbocycles. The molecule has 122 valence electrons. The molecule has 0 atom stereocenters. The summed E-state index contributed by atoms with van der Waals surface area (Å²) in [6.07, 6.45) is 0. The maximum atomic E-state index is 13.7. The van der Waals surface area contributed by atoms with Crippen molar-refractivity contribution in [3.63, 3.8) is 0 Å². The summed E-state index contributed by atoms with van der Waals surface area (Å²) < 4.78 is 24.1. The highest BCUT2D eigenvalue weighted by molar-refractivity contribution is 5.77. The van der Waals surface area contributed by atoms with Crippen molar-refractivity contribution in [2.75, 3.05) is 6.61 Å². The third-order valence-electron chi connectivity index (χ3n) is 3.28. The molecule has 5 nitrogen and oxygen atoms in total. The fourth-order valence-electron chi connectivity index (χ4n) is 2.09. The number of para-hydroxylation sites is 1. The Bertz CT molecular complexity index is 818. The summed E-state index contributed by atoms with van der Waals surface area (Å²) in [7, 11) is 0. The number of rotatable bonds is 6.